The molecule has 0 aliphatic rings. The predicted molar refractivity (Wildman–Crippen MR) is 85.1 cm³/mol. The maximum Gasteiger partial charge on any atom is 0.284 e. The Hall–Kier alpha value is -2.63. The average molecular weight is 303 g/mol. The van der Waals surface area contributed by atoms with E-state index in [4.69, 9.17) is 15.9 Å². The highest BCUT2D eigenvalue weighted by Gasteiger charge is 2.13. The van der Waals surface area contributed by atoms with E-state index in [-0.39, 0.29) is 23.4 Å². The lowest BCUT2D eigenvalue weighted by atomic mass is 10.1. The highest BCUT2D eigenvalue weighted by molar-refractivity contribution is 6.00. The Labute approximate surface area is 129 Å². The largest absolute Gasteiger partial charge is 0.451 e. The Bertz CT molecular complexity index is 634. The van der Waals surface area contributed by atoms with Crippen molar-refractivity contribution in [2.24, 2.45) is 5.73 Å². The maximum absolute atomic E-state index is 11.9. The van der Waals surface area contributed by atoms with Crippen molar-refractivity contribution in [2.75, 3.05) is 0 Å². The van der Waals surface area contributed by atoms with Gasteiger partial charge in [-0.25, -0.2) is 0 Å². The first-order valence-corrected chi connectivity index (χ1v) is 6.86. The van der Waals surface area contributed by atoms with Gasteiger partial charge in [0.25, 0.3) is 11.8 Å². The number of amides is 2. The second kappa shape index (κ2) is 7.40. The summed E-state index contributed by atoms with van der Waals surface area (Å²) in [6.45, 7) is 7.04. The summed E-state index contributed by atoms with van der Waals surface area (Å²) in [6, 6.07) is 4.92. The van der Waals surface area contributed by atoms with Crippen molar-refractivity contribution in [3.63, 3.8) is 0 Å². The fourth-order valence-corrected chi connectivity index (χ4v) is 1.72. The lowest BCUT2D eigenvalue weighted by molar-refractivity contribution is -0.116. The van der Waals surface area contributed by atoms with Crippen LogP contribution >= 0.6 is 0 Å². The van der Waals surface area contributed by atoms with E-state index in [1.165, 1.54) is 13.0 Å². The van der Waals surface area contributed by atoms with Gasteiger partial charge in [0.15, 0.2) is 5.76 Å². The van der Waals surface area contributed by atoms with Gasteiger partial charge in [-0.1, -0.05) is 0 Å². The zero-order chi connectivity index (χ0) is 16.9. The number of nitrogens with one attached hydrogen (secondary N) is 2. The number of hydrogen-bond acceptors (Lipinski definition) is 4. The van der Waals surface area contributed by atoms with Crippen LogP contribution in [0.15, 0.2) is 30.0 Å². The first-order chi connectivity index (χ1) is 10.2. The smallest absolute Gasteiger partial charge is 0.284 e. The number of ether oxygens (including phenoxy) is 1. The monoisotopic (exact) mass is 303 g/mol. The number of benzene rings is 1. The van der Waals surface area contributed by atoms with Crippen molar-refractivity contribution >= 4 is 17.5 Å². The molecule has 6 heteroatoms. The second-order valence-corrected chi connectivity index (χ2v) is 5.27. The Balaban J connectivity index is 3.01. The summed E-state index contributed by atoms with van der Waals surface area (Å²) >= 11 is 0. The molecule has 118 valence electrons. The number of rotatable bonds is 6. The molecule has 0 fully saturated rings. The summed E-state index contributed by atoms with van der Waals surface area (Å²) in [5.41, 5.74) is 6.57. The minimum atomic E-state index is -0.757. The molecule has 0 aliphatic heterocycles. The van der Waals surface area contributed by atoms with Crippen molar-refractivity contribution in [3.05, 3.63) is 41.2 Å². The van der Waals surface area contributed by atoms with Gasteiger partial charge in [0.2, 0.25) is 0 Å². The summed E-state index contributed by atoms with van der Waals surface area (Å²) in [6.07, 6.45) is 1.25. The molecule has 0 saturated carbocycles. The lowest BCUT2D eigenvalue weighted by Gasteiger charge is -2.12. The molecule has 6 nitrogen and oxygen atoms in total. The van der Waals surface area contributed by atoms with E-state index in [0.29, 0.717) is 16.9 Å². The van der Waals surface area contributed by atoms with Gasteiger partial charge < -0.3 is 21.2 Å². The molecule has 0 atom stereocenters. The zero-order valence-electron chi connectivity index (χ0n) is 13.2. The summed E-state index contributed by atoms with van der Waals surface area (Å²) in [4.78, 5) is 23.2. The van der Waals surface area contributed by atoms with Crippen LogP contribution in [0.3, 0.4) is 0 Å². The molecule has 0 radical (unpaired) electrons. The Morgan fingerprint density at radius 3 is 2.45 bits per heavy atom. The molecule has 2 amide bonds. The first-order valence-electron chi connectivity index (χ1n) is 6.86. The number of hydrogen-bond donors (Lipinski definition) is 3. The van der Waals surface area contributed by atoms with Gasteiger partial charge in [-0.15, -0.1) is 0 Å². The van der Waals surface area contributed by atoms with E-state index in [2.05, 4.69) is 5.32 Å². The SMILES string of the molecule is CC(=N)/C=C(/Oc1ccc(C(=O)NC(C)C)cc1C)C(N)=O. The van der Waals surface area contributed by atoms with Crippen molar-refractivity contribution < 1.29 is 14.3 Å². The molecule has 0 saturated heterocycles. The van der Waals surface area contributed by atoms with Crippen molar-refractivity contribution in [2.45, 2.75) is 33.7 Å². The third kappa shape index (κ3) is 5.05. The van der Waals surface area contributed by atoms with Crippen LogP contribution in [0.25, 0.3) is 0 Å². The number of aryl methyl sites for hydroxylation is 1. The normalized spacial score (nSPS) is 11.2. The molecule has 0 bridgehead atoms. The van der Waals surface area contributed by atoms with Gasteiger partial charge in [-0.05, 0) is 51.5 Å². The predicted octanol–water partition coefficient (Wildman–Crippen LogP) is 1.92. The van der Waals surface area contributed by atoms with E-state index in [0.717, 1.165) is 0 Å². The Kier molecular flexibility index (Phi) is 5.86. The number of allylic oxidation sites excluding steroid dienone is 1. The average Bonchev–Trinajstić information content (AvgIpc) is 2.38. The van der Waals surface area contributed by atoms with Gasteiger partial charge in [0, 0.05) is 23.4 Å². The van der Waals surface area contributed by atoms with E-state index >= 15 is 0 Å². The number of carbonyl (C=O) groups is 2. The molecule has 0 unspecified atom stereocenters. The summed E-state index contributed by atoms with van der Waals surface area (Å²) in [5.74, 6) is -0.638. The number of primary amides is 1. The highest BCUT2D eigenvalue weighted by Crippen LogP contribution is 2.21. The molecule has 0 aliphatic carbocycles. The fraction of sp³-hybridized carbons (Fsp3) is 0.312. The molecule has 1 rings (SSSR count). The third-order valence-electron chi connectivity index (χ3n) is 2.67. The van der Waals surface area contributed by atoms with E-state index < -0.39 is 5.91 Å². The molecule has 22 heavy (non-hydrogen) atoms. The van der Waals surface area contributed by atoms with Crippen LogP contribution in [-0.2, 0) is 4.79 Å². The molecule has 4 N–H and O–H groups in total. The van der Waals surface area contributed by atoms with Gasteiger partial charge in [-0.3, -0.25) is 9.59 Å². The zero-order valence-corrected chi connectivity index (χ0v) is 13.2. The van der Waals surface area contributed by atoms with Crippen molar-refractivity contribution in [1.29, 1.82) is 5.41 Å². The minimum Gasteiger partial charge on any atom is -0.451 e. The van der Waals surface area contributed by atoms with Crippen molar-refractivity contribution in [1.82, 2.24) is 5.32 Å². The van der Waals surface area contributed by atoms with Gasteiger partial charge in [0.1, 0.15) is 5.75 Å². The van der Waals surface area contributed by atoms with Gasteiger partial charge >= 0.3 is 0 Å². The van der Waals surface area contributed by atoms with Crippen LogP contribution < -0.4 is 15.8 Å². The fourth-order valence-electron chi connectivity index (χ4n) is 1.72. The number of nitrogens with two attached hydrogens (primary N) is 1. The van der Waals surface area contributed by atoms with E-state index in [1.54, 1.807) is 25.1 Å². The molecule has 1 aromatic rings. The van der Waals surface area contributed by atoms with E-state index in [1.807, 2.05) is 13.8 Å². The molecule has 0 aromatic heterocycles. The molecular weight excluding hydrogens is 282 g/mol. The lowest BCUT2D eigenvalue weighted by Crippen LogP contribution is -2.30. The van der Waals surface area contributed by atoms with Gasteiger partial charge in [0.05, 0.1) is 0 Å². The standard InChI is InChI=1S/C16H21N3O3/c1-9(2)19-16(21)12-5-6-13(10(3)7-12)22-14(15(18)20)8-11(4)17/h5-9,17H,1-4H3,(H2,18,20)(H,19,21)/b14-8+,17-11?. The van der Waals surface area contributed by atoms with Crippen molar-refractivity contribution in [3.8, 4) is 5.75 Å². The number of carbonyl (C=O) groups excluding carboxylic acids is 2. The molecule has 0 spiro atoms. The Morgan fingerprint density at radius 1 is 1.36 bits per heavy atom. The maximum atomic E-state index is 11.9. The van der Waals surface area contributed by atoms with Crippen LogP contribution in [0.2, 0.25) is 0 Å². The van der Waals surface area contributed by atoms with Crippen LogP contribution in [0, 0.1) is 12.3 Å². The summed E-state index contributed by atoms with van der Waals surface area (Å²) in [5, 5.41) is 10.2. The molecule has 1 aromatic carbocycles. The molecular formula is C16H21N3O3. The highest BCUT2D eigenvalue weighted by atomic mass is 16.5. The van der Waals surface area contributed by atoms with Crippen LogP contribution in [-0.4, -0.2) is 23.6 Å². The van der Waals surface area contributed by atoms with Crippen LogP contribution in [0.1, 0.15) is 36.7 Å². The van der Waals surface area contributed by atoms with E-state index in [9.17, 15) is 9.59 Å². The van der Waals surface area contributed by atoms with Crippen LogP contribution in [0.4, 0.5) is 0 Å². The topological polar surface area (TPSA) is 105 Å². The van der Waals surface area contributed by atoms with Gasteiger partial charge in [-0.2, -0.15) is 0 Å². The summed E-state index contributed by atoms with van der Waals surface area (Å²) in [7, 11) is 0. The first kappa shape index (κ1) is 17.4. The third-order valence-corrected chi connectivity index (χ3v) is 2.67. The quantitative estimate of drug-likeness (QED) is 0.424. The Morgan fingerprint density at radius 2 is 2.00 bits per heavy atom. The van der Waals surface area contributed by atoms with Crippen LogP contribution in [0.5, 0.6) is 5.75 Å². The molecule has 0 heterocycles. The second-order valence-electron chi connectivity index (χ2n) is 5.27. The summed E-state index contributed by atoms with van der Waals surface area (Å²) < 4.78 is 5.45. The minimum absolute atomic E-state index is 0.0451.